The molecule has 0 aromatic carbocycles. The van der Waals surface area contributed by atoms with Gasteiger partial charge in [0, 0.05) is 24.2 Å². The molecule has 0 bridgehead atoms. The summed E-state index contributed by atoms with van der Waals surface area (Å²) in [6.07, 6.45) is 7.93. The number of carbonyl (C=O) groups is 1. The summed E-state index contributed by atoms with van der Waals surface area (Å²) >= 11 is 0. The molecule has 0 unspecified atom stereocenters. The van der Waals surface area contributed by atoms with Gasteiger partial charge in [-0.25, -0.2) is 9.97 Å². The van der Waals surface area contributed by atoms with E-state index < -0.39 is 0 Å². The van der Waals surface area contributed by atoms with Crippen molar-refractivity contribution in [3.8, 4) is 0 Å². The van der Waals surface area contributed by atoms with E-state index >= 15 is 0 Å². The first kappa shape index (κ1) is 9.75. The van der Waals surface area contributed by atoms with E-state index in [1.807, 2.05) is 11.1 Å². The van der Waals surface area contributed by atoms with Crippen molar-refractivity contribution in [3.63, 3.8) is 0 Å². The maximum atomic E-state index is 12.2. The van der Waals surface area contributed by atoms with Gasteiger partial charge in [0.25, 0.3) is 0 Å². The van der Waals surface area contributed by atoms with Crippen molar-refractivity contribution in [1.29, 1.82) is 0 Å². The third-order valence-electron chi connectivity index (χ3n) is 3.60. The van der Waals surface area contributed by atoms with Gasteiger partial charge in [0.2, 0.25) is 5.91 Å². The monoisotopic (exact) mass is 217 g/mol. The van der Waals surface area contributed by atoms with Gasteiger partial charge in [-0.1, -0.05) is 12.8 Å². The van der Waals surface area contributed by atoms with Crippen molar-refractivity contribution in [1.82, 2.24) is 14.9 Å². The molecule has 0 spiro atoms. The van der Waals surface area contributed by atoms with Crippen molar-refractivity contribution >= 4 is 5.91 Å². The van der Waals surface area contributed by atoms with Crippen LogP contribution in [-0.2, 0) is 17.9 Å². The molecule has 0 atom stereocenters. The highest BCUT2D eigenvalue weighted by Gasteiger charge is 2.31. The van der Waals surface area contributed by atoms with E-state index in [0.29, 0.717) is 19.0 Å². The minimum atomic E-state index is 0.266. The Morgan fingerprint density at radius 1 is 1.31 bits per heavy atom. The number of hydrogen-bond donors (Lipinski definition) is 0. The highest BCUT2D eigenvalue weighted by molar-refractivity contribution is 5.79. The van der Waals surface area contributed by atoms with E-state index in [1.54, 1.807) is 6.33 Å². The van der Waals surface area contributed by atoms with Gasteiger partial charge in [0.1, 0.15) is 6.33 Å². The first-order valence-electron chi connectivity index (χ1n) is 5.91. The van der Waals surface area contributed by atoms with Crippen LogP contribution in [-0.4, -0.2) is 20.8 Å². The molecule has 0 saturated heterocycles. The van der Waals surface area contributed by atoms with E-state index in [-0.39, 0.29) is 5.92 Å². The average molecular weight is 217 g/mol. The summed E-state index contributed by atoms with van der Waals surface area (Å²) in [5.41, 5.74) is 2.12. The Kier molecular flexibility index (Phi) is 2.35. The quantitative estimate of drug-likeness (QED) is 0.716. The molecule has 1 aliphatic heterocycles. The second-order valence-corrected chi connectivity index (χ2v) is 4.67. The van der Waals surface area contributed by atoms with Crippen LogP contribution in [0.1, 0.15) is 36.9 Å². The lowest BCUT2D eigenvalue weighted by Crippen LogP contribution is -2.30. The molecular weight excluding hydrogens is 202 g/mol. The maximum Gasteiger partial charge on any atom is 0.226 e. The van der Waals surface area contributed by atoms with Crippen LogP contribution in [0.15, 0.2) is 12.5 Å². The number of fused-ring (bicyclic) bond motifs is 1. The highest BCUT2D eigenvalue weighted by atomic mass is 16.2. The molecule has 1 amide bonds. The molecule has 1 saturated carbocycles. The first-order chi connectivity index (χ1) is 7.84. The smallest absolute Gasteiger partial charge is 0.226 e. The highest BCUT2D eigenvalue weighted by Crippen LogP contribution is 2.29. The lowest BCUT2D eigenvalue weighted by atomic mass is 10.1. The van der Waals surface area contributed by atoms with Gasteiger partial charge in [0.05, 0.1) is 12.2 Å². The number of nitrogens with zero attached hydrogens (tertiary/aromatic N) is 3. The average Bonchev–Trinajstić information content (AvgIpc) is 2.97. The molecule has 4 heteroatoms. The fourth-order valence-corrected chi connectivity index (χ4v) is 2.69. The van der Waals surface area contributed by atoms with Gasteiger partial charge in [-0.3, -0.25) is 4.79 Å². The van der Waals surface area contributed by atoms with E-state index in [2.05, 4.69) is 9.97 Å². The van der Waals surface area contributed by atoms with Crippen LogP contribution in [0.4, 0.5) is 0 Å². The van der Waals surface area contributed by atoms with Crippen molar-refractivity contribution in [3.05, 3.63) is 23.8 Å². The van der Waals surface area contributed by atoms with Crippen molar-refractivity contribution in [2.45, 2.75) is 38.8 Å². The largest absolute Gasteiger partial charge is 0.332 e. The summed E-state index contributed by atoms with van der Waals surface area (Å²) in [4.78, 5) is 22.3. The predicted molar refractivity (Wildman–Crippen MR) is 58.2 cm³/mol. The van der Waals surface area contributed by atoms with Gasteiger partial charge in [-0.15, -0.1) is 0 Å². The van der Waals surface area contributed by atoms with Crippen molar-refractivity contribution in [2.24, 2.45) is 5.92 Å². The minimum absolute atomic E-state index is 0.266. The molecule has 16 heavy (non-hydrogen) atoms. The maximum absolute atomic E-state index is 12.2. The summed E-state index contributed by atoms with van der Waals surface area (Å²) in [5.74, 6) is 0.581. The van der Waals surface area contributed by atoms with Crippen LogP contribution < -0.4 is 0 Å². The molecular formula is C12H15N3O. The SMILES string of the molecule is O=C(C1CCCC1)N1Cc2cncnc2C1. The summed E-state index contributed by atoms with van der Waals surface area (Å²) in [7, 11) is 0. The molecule has 1 fully saturated rings. The Morgan fingerprint density at radius 3 is 2.88 bits per heavy atom. The molecule has 84 valence electrons. The zero-order chi connectivity index (χ0) is 11.0. The van der Waals surface area contributed by atoms with Crippen LogP contribution in [0, 0.1) is 5.92 Å². The van der Waals surface area contributed by atoms with Crippen molar-refractivity contribution in [2.75, 3.05) is 0 Å². The normalized spacial score (nSPS) is 20.1. The van der Waals surface area contributed by atoms with E-state index in [0.717, 1.165) is 24.1 Å². The van der Waals surface area contributed by atoms with E-state index in [9.17, 15) is 4.79 Å². The topological polar surface area (TPSA) is 46.1 Å². The lowest BCUT2D eigenvalue weighted by Gasteiger charge is -2.19. The van der Waals surface area contributed by atoms with Crippen LogP contribution in [0.25, 0.3) is 0 Å². The van der Waals surface area contributed by atoms with Crippen LogP contribution in [0.5, 0.6) is 0 Å². The number of rotatable bonds is 1. The van der Waals surface area contributed by atoms with Gasteiger partial charge < -0.3 is 4.90 Å². The molecule has 1 aromatic heterocycles. The number of amides is 1. The van der Waals surface area contributed by atoms with E-state index in [4.69, 9.17) is 0 Å². The van der Waals surface area contributed by atoms with Gasteiger partial charge in [-0.2, -0.15) is 0 Å². The van der Waals surface area contributed by atoms with E-state index in [1.165, 1.54) is 12.8 Å². The summed E-state index contributed by atoms with van der Waals surface area (Å²) < 4.78 is 0. The number of aromatic nitrogens is 2. The van der Waals surface area contributed by atoms with Gasteiger partial charge in [0.15, 0.2) is 0 Å². The second-order valence-electron chi connectivity index (χ2n) is 4.67. The molecule has 0 radical (unpaired) electrons. The molecule has 4 nitrogen and oxygen atoms in total. The van der Waals surface area contributed by atoms with Crippen LogP contribution >= 0.6 is 0 Å². The summed E-state index contributed by atoms with van der Waals surface area (Å²) in [6, 6.07) is 0. The minimum Gasteiger partial charge on any atom is -0.332 e. The zero-order valence-electron chi connectivity index (χ0n) is 9.22. The Hall–Kier alpha value is -1.45. The Bertz CT molecular complexity index is 387. The standard InChI is InChI=1S/C12H15N3O/c16-12(9-3-1-2-4-9)15-6-10-5-13-8-14-11(10)7-15/h5,8-9H,1-4,6-7H2. The third-order valence-corrected chi connectivity index (χ3v) is 3.60. The first-order valence-corrected chi connectivity index (χ1v) is 5.91. The zero-order valence-corrected chi connectivity index (χ0v) is 9.22. The molecule has 1 aliphatic carbocycles. The predicted octanol–water partition coefficient (Wildman–Crippen LogP) is 1.51. The van der Waals surface area contributed by atoms with Crippen LogP contribution in [0.3, 0.4) is 0 Å². The number of hydrogen-bond acceptors (Lipinski definition) is 3. The Labute approximate surface area is 94.7 Å². The fraction of sp³-hybridized carbons (Fsp3) is 0.583. The summed E-state index contributed by atoms with van der Waals surface area (Å²) in [6.45, 7) is 1.37. The third kappa shape index (κ3) is 1.58. The number of carbonyl (C=O) groups excluding carboxylic acids is 1. The Morgan fingerprint density at radius 2 is 2.12 bits per heavy atom. The Balaban J connectivity index is 1.73. The second kappa shape index (κ2) is 3.85. The van der Waals surface area contributed by atoms with Crippen LogP contribution in [0.2, 0.25) is 0 Å². The van der Waals surface area contributed by atoms with Gasteiger partial charge >= 0.3 is 0 Å². The summed E-state index contributed by atoms with van der Waals surface area (Å²) in [5, 5.41) is 0. The lowest BCUT2D eigenvalue weighted by molar-refractivity contribution is -0.136. The fourth-order valence-electron chi connectivity index (χ4n) is 2.69. The molecule has 3 rings (SSSR count). The van der Waals surface area contributed by atoms with Gasteiger partial charge in [-0.05, 0) is 12.8 Å². The molecule has 1 aromatic rings. The molecule has 0 N–H and O–H groups in total. The molecule has 2 heterocycles. The van der Waals surface area contributed by atoms with Crippen molar-refractivity contribution < 1.29 is 4.79 Å². The molecule has 2 aliphatic rings.